The number of thioether (sulfide) groups is 1. The molecule has 1 atom stereocenters. The summed E-state index contributed by atoms with van der Waals surface area (Å²) in [5, 5.41) is -1.42. The van der Waals surface area contributed by atoms with Crippen molar-refractivity contribution in [2.75, 3.05) is 6.54 Å². The van der Waals surface area contributed by atoms with Gasteiger partial charge in [-0.25, -0.2) is 9.97 Å². The van der Waals surface area contributed by atoms with Gasteiger partial charge in [0, 0.05) is 12.4 Å². The Hall–Kier alpha value is -0.820. The quantitative estimate of drug-likeness (QED) is 0.641. The van der Waals surface area contributed by atoms with E-state index in [1.54, 1.807) is 6.07 Å². The largest absolute Gasteiger partial charge is 0.401 e. The van der Waals surface area contributed by atoms with E-state index >= 15 is 0 Å². The highest BCUT2D eigenvalue weighted by Crippen LogP contribution is 2.35. The Labute approximate surface area is 89.3 Å². The number of aromatic nitrogens is 2. The van der Waals surface area contributed by atoms with Crippen molar-refractivity contribution in [1.82, 2.24) is 9.97 Å². The number of nitrogens with two attached hydrogens (primary N) is 1. The zero-order chi connectivity index (χ0) is 11.3. The van der Waals surface area contributed by atoms with Crippen molar-refractivity contribution in [3.05, 3.63) is 18.5 Å². The van der Waals surface area contributed by atoms with E-state index in [0.29, 0.717) is 11.8 Å². The van der Waals surface area contributed by atoms with Gasteiger partial charge in [0.2, 0.25) is 0 Å². The number of hydrogen-bond acceptors (Lipinski definition) is 4. The lowest BCUT2D eigenvalue weighted by molar-refractivity contribution is -0.129. The van der Waals surface area contributed by atoms with Crippen molar-refractivity contribution in [2.45, 2.75) is 23.0 Å². The van der Waals surface area contributed by atoms with E-state index in [-0.39, 0.29) is 18.1 Å². The molecule has 1 aromatic rings. The lowest BCUT2D eigenvalue weighted by Gasteiger charge is -2.17. The standard InChI is InChI=1S/C8H10F3N3S/c9-8(10,11)6(2-3-12)15-7-13-4-1-5-14-7/h1,4-6H,2-3,12H2. The van der Waals surface area contributed by atoms with Crippen LogP contribution >= 0.6 is 11.8 Å². The number of halogens is 3. The molecular weight excluding hydrogens is 227 g/mol. The average Bonchev–Trinajstić information content (AvgIpc) is 2.17. The summed E-state index contributed by atoms with van der Waals surface area (Å²) in [5.41, 5.74) is 5.13. The molecule has 0 aromatic carbocycles. The monoisotopic (exact) mass is 237 g/mol. The van der Waals surface area contributed by atoms with Gasteiger partial charge in [-0.1, -0.05) is 11.8 Å². The average molecular weight is 237 g/mol. The molecule has 0 spiro atoms. The lowest BCUT2D eigenvalue weighted by Crippen LogP contribution is -2.28. The molecule has 1 heterocycles. The summed E-state index contributed by atoms with van der Waals surface area (Å²) in [6, 6.07) is 1.55. The van der Waals surface area contributed by atoms with E-state index in [0.717, 1.165) is 0 Å². The van der Waals surface area contributed by atoms with E-state index in [1.807, 2.05) is 0 Å². The lowest BCUT2D eigenvalue weighted by atomic mass is 10.3. The third kappa shape index (κ3) is 4.05. The van der Waals surface area contributed by atoms with Crippen LogP contribution in [0.3, 0.4) is 0 Å². The topological polar surface area (TPSA) is 51.8 Å². The molecular formula is C8H10F3N3S. The molecule has 2 N–H and O–H groups in total. The maximum atomic E-state index is 12.5. The second kappa shape index (κ2) is 5.32. The minimum atomic E-state index is -4.27. The minimum absolute atomic E-state index is 0.00991. The molecule has 15 heavy (non-hydrogen) atoms. The smallest absolute Gasteiger partial charge is 0.330 e. The van der Waals surface area contributed by atoms with E-state index < -0.39 is 11.4 Å². The summed E-state index contributed by atoms with van der Waals surface area (Å²) in [4.78, 5) is 7.45. The molecule has 3 nitrogen and oxygen atoms in total. The zero-order valence-corrected chi connectivity index (χ0v) is 8.55. The Morgan fingerprint density at radius 1 is 1.33 bits per heavy atom. The van der Waals surface area contributed by atoms with Gasteiger partial charge in [0.05, 0.1) is 0 Å². The summed E-state index contributed by atoms with van der Waals surface area (Å²) in [5.74, 6) is 0. The fraction of sp³-hybridized carbons (Fsp3) is 0.500. The van der Waals surface area contributed by atoms with Gasteiger partial charge >= 0.3 is 6.18 Å². The van der Waals surface area contributed by atoms with Crippen molar-refractivity contribution in [3.8, 4) is 0 Å². The molecule has 0 aliphatic heterocycles. The van der Waals surface area contributed by atoms with Gasteiger partial charge in [-0.2, -0.15) is 13.2 Å². The maximum Gasteiger partial charge on any atom is 0.401 e. The van der Waals surface area contributed by atoms with Gasteiger partial charge in [0.1, 0.15) is 5.25 Å². The molecule has 7 heteroatoms. The Bertz CT molecular complexity index is 291. The van der Waals surface area contributed by atoms with E-state index in [1.165, 1.54) is 12.4 Å². The highest BCUT2D eigenvalue weighted by molar-refractivity contribution is 7.99. The van der Waals surface area contributed by atoms with Crippen LogP contribution in [-0.2, 0) is 0 Å². The Kier molecular flexibility index (Phi) is 4.34. The van der Waals surface area contributed by atoms with Crippen LogP contribution in [0.25, 0.3) is 0 Å². The first-order valence-electron chi connectivity index (χ1n) is 4.24. The van der Waals surface area contributed by atoms with Crippen molar-refractivity contribution >= 4 is 11.8 Å². The van der Waals surface area contributed by atoms with Crippen molar-refractivity contribution in [3.63, 3.8) is 0 Å². The van der Waals surface area contributed by atoms with Crippen LogP contribution in [0.1, 0.15) is 6.42 Å². The molecule has 1 aromatic heterocycles. The normalized spacial score (nSPS) is 13.9. The number of alkyl halides is 3. The van der Waals surface area contributed by atoms with Crippen molar-refractivity contribution in [2.24, 2.45) is 5.73 Å². The molecule has 0 bridgehead atoms. The zero-order valence-electron chi connectivity index (χ0n) is 7.74. The fourth-order valence-corrected chi connectivity index (χ4v) is 1.80. The molecule has 0 saturated heterocycles. The van der Waals surface area contributed by atoms with Gasteiger partial charge in [0.25, 0.3) is 0 Å². The number of rotatable bonds is 4. The minimum Gasteiger partial charge on any atom is -0.330 e. The highest BCUT2D eigenvalue weighted by atomic mass is 32.2. The highest BCUT2D eigenvalue weighted by Gasteiger charge is 2.40. The summed E-state index contributed by atoms with van der Waals surface area (Å²) < 4.78 is 37.4. The third-order valence-corrected chi connectivity index (χ3v) is 2.79. The van der Waals surface area contributed by atoms with E-state index in [9.17, 15) is 13.2 Å². The second-order valence-corrected chi connectivity index (χ2v) is 3.93. The van der Waals surface area contributed by atoms with Gasteiger partial charge in [-0.15, -0.1) is 0 Å². The summed E-state index contributed by atoms with van der Waals surface area (Å²) in [6.07, 6.45) is -1.59. The van der Waals surface area contributed by atoms with Crippen molar-refractivity contribution < 1.29 is 13.2 Å². The van der Waals surface area contributed by atoms with Crippen molar-refractivity contribution in [1.29, 1.82) is 0 Å². The molecule has 1 unspecified atom stereocenters. The summed E-state index contributed by atoms with van der Waals surface area (Å²) in [6.45, 7) is -0.00991. The Morgan fingerprint density at radius 3 is 2.40 bits per heavy atom. The molecule has 0 aliphatic rings. The predicted octanol–water partition coefficient (Wildman–Crippen LogP) is 1.85. The first-order chi connectivity index (χ1) is 7.04. The molecule has 84 valence electrons. The van der Waals surface area contributed by atoms with Crippen LogP contribution in [0.5, 0.6) is 0 Å². The van der Waals surface area contributed by atoms with Gasteiger partial charge in [0.15, 0.2) is 5.16 Å². The van der Waals surface area contributed by atoms with Crippen LogP contribution < -0.4 is 5.73 Å². The molecule has 1 rings (SSSR count). The van der Waals surface area contributed by atoms with Crippen LogP contribution in [0, 0.1) is 0 Å². The molecule has 0 radical (unpaired) electrons. The summed E-state index contributed by atoms with van der Waals surface area (Å²) in [7, 11) is 0. The molecule has 0 saturated carbocycles. The van der Waals surface area contributed by atoms with Crippen LogP contribution in [-0.4, -0.2) is 27.9 Å². The van der Waals surface area contributed by atoms with Crippen LogP contribution in [0.4, 0.5) is 13.2 Å². The predicted molar refractivity (Wildman–Crippen MR) is 51.4 cm³/mol. The summed E-state index contributed by atoms with van der Waals surface area (Å²) >= 11 is 0.593. The van der Waals surface area contributed by atoms with Crippen LogP contribution in [0.2, 0.25) is 0 Å². The first kappa shape index (κ1) is 12.3. The van der Waals surface area contributed by atoms with E-state index in [4.69, 9.17) is 5.73 Å². The van der Waals surface area contributed by atoms with E-state index in [2.05, 4.69) is 9.97 Å². The van der Waals surface area contributed by atoms with Gasteiger partial charge in [-0.05, 0) is 19.0 Å². The number of hydrogen-bond donors (Lipinski definition) is 1. The molecule has 0 amide bonds. The molecule has 0 fully saturated rings. The van der Waals surface area contributed by atoms with Gasteiger partial charge < -0.3 is 5.73 Å². The second-order valence-electron chi connectivity index (χ2n) is 2.76. The Morgan fingerprint density at radius 2 is 1.93 bits per heavy atom. The first-order valence-corrected chi connectivity index (χ1v) is 5.12. The Balaban J connectivity index is 2.67. The maximum absolute atomic E-state index is 12.5. The fourth-order valence-electron chi connectivity index (χ4n) is 0.914. The van der Waals surface area contributed by atoms with Gasteiger partial charge in [-0.3, -0.25) is 0 Å². The van der Waals surface area contributed by atoms with Crippen LogP contribution in [0.15, 0.2) is 23.6 Å². The molecule has 0 aliphatic carbocycles. The number of nitrogens with zero attached hydrogens (tertiary/aromatic N) is 2. The third-order valence-electron chi connectivity index (χ3n) is 1.58. The SMILES string of the molecule is NCCC(Sc1ncccn1)C(F)(F)F.